The van der Waals surface area contributed by atoms with Gasteiger partial charge in [0.15, 0.2) is 0 Å². The van der Waals surface area contributed by atoms with Crippen molar-refractivity contribution in [2.24, 2.45) is 0 Å². The van der Waals surface area contributed by atoms with Gasteiger partial charge < -0.3 is 20.2 Å². The lowest BCUT2D eigenvalue weighted by atomic mass is 10.2. The number of amides is 2. The molecule has 94 valence electrons. The summed E-state index contributed by atoms with van der Waals surface area (Å²) < 4.78 is 4.85. The fourth-order valence-corrected chi connectivity index (χ4v) is 1.24. The molecule has 0 atom stereocenters. The van der Waals surface area contributed by atoms with Crippen LogP contribution in [0, 0.1) is 0 Å². The topological polar surface area (TPSA) is 91.6 Å². The number of unbranched alkanes of at least 4 members (excludes halogenated alkanes) is 1. The normalized spacial score (nSPS) is 9.88. The summed E-state index contributed by atoms with van der Waals surface area (Å²) in [6.07, 6.45) is 4.47. The van der Waals surface area contributed by atoms with Crippen molar-refractivity contribution in [3.63, 3.8) is 0 Å². The molecule has 6 nitrogen and oxygen atoms in total. The van der Waals surface area contributed by atoms with Crippen molar-refractivity contribution in [1.29, 1.82) is 0 Å². The molecule has 0 saturated carbocycles. The second-order valence-corrected chi connectivity index (χ2v) is 3.59. The van der Waals surface area contributed by atoms with Gasteiger partial charge >= 0.3 is 12.0 Å². The molecule has 0 aromatic carbocycles. The molecule has 3 N–H and O–H groups in total. The Morgan fingerprint density at radius 3 is 2.76 bits per heavy atom. The van der Waals surface area contributed by atoms with Crippen LogP contribution in [0.4, 0.5) is 4.79 Å². The second kappa shape index (κ2) is 7.32. The first-order chi connectivity index (χ1) is 8.18. The maximum absolute atomic E-state index is 11.3. The summed E-state index contributed by atoms with van der Waals surface area (Å²) in [6, 6.07) is 1.51. The number of carbonyl (C=O) groups excluding carboxylic acids is 1. The Morgan fingerprint density at radius 2 is 2.12 bits per heavy atom. The third-order valence-electron chi connectivity index (χ3n) is 2.14. The highest BCUT2D eigenvalue weighted by Gasteiger charge is 2.01. The molecule has 0 saturated heterocycles. The summed E-state index contributed by atoms with van der Waals surface area (Å²) in [4.78, 5) is 21.5. The van der Waals surface area contributed by atoms with Gasteiger partial charge in [0.2, 0.25) is 0 Å². The summed E-state index contributed by atoms with van der Waals surface area (Å²) in [5, 5.41) is 13.7. The van der Waals surface area contributed by atoms with E-state index < -0.39 is 5.97 Å². The van der Waals surface area contributed by atoms with E-state index in [1.165, 1.54) is 0 Å². The number of aliphatic carboxylic acids is 1. The lowest BCUT2D eigenvalue weighted by Gasteiger charge is -2.05. The van der Waals surface area contributed by atoms with Crippen LogP contribution < -0.4 is 10.6 Å². The summed E-state index contributed by atoms with van der Waals surface area (Å²) in [5.74, 6) is -0.811. The number of nitrogens with one attached hydrogen (secondary N) is 2. The smallest absolute Gasteiger partial charge is 0.315 e. The Hall–Kier alpha value is -1.98. The van der Waals surface area contributed by atoms with Crippen LogP contribution in [-0.4, -0.2) is 23.7 Å². The first-order valence-corrected chi connectivity index (χ1v) is 5.43. The van der Waals surface area contributed by atoms with Crippen LogP contribution in [0.25, 0.3) is 0 Å². The molecule has 0 radical (unpaired) electrons. The van der Waals surface area contributed by atoms with Crippen molar-refractivity contribution in [2.45, 2.75) is 25.8 Å². The first kappa shape index (κ1) is 13.1. The van der Waals surface area contributed by atoms with Crippen LogP contribution in [-0.2, 0) is 11.3 Å². The lowest BCUT2D eigenvalue weighted by molar-refractivity contribution is -0.137. The highest BCUT2D eigenvalue weighted by atomic mass is 16.4. The maximum atomic E-state index is 11.3. The highest BCUT2D eigenvalue weighted by molar-refractivity contribution is 5.73. The number of carboxylic acid groups (broad SMARTS) is 1. The van der Waals surface area contributed by atoms with Crippen LogP contribution in [0.15, 0.2) is 23.0 Å². The molecule has 0 aliphatic heterocycles. The number of urea groups is 1. The SMILES string of the molecule is O=C(O)CCCCNC(=O)NCc1ccoc1. The minimum Gasteiger partial charge on any atom is -0.481 e. The van der Waals surface area contributed by atoms with E-state index in [9.17, 15) is 9.59 Å². The molecule has 0 aliphatic rings. The molecule has 2 amide bonds. The van der Waals surface area contributed by atoms with Gasteiger partial charge in [-0.2, -0.15) is 0 Å². The number of hydrogen-bond donors (Lipinski definition) is 3. The molecule has 0 unspecified atom stereocenters. The van der Waals surface area contributed by atoms with Gasteiger partial charge in [-0.3, -0.25) is 4.79 Å². The first-order valence-electron chi connectivity index (χ1n) is 5.43. The van der Waals surface area contributed by atoms with Gasteiger partial charge in [-0.05, 0) is 18.9 Å². The van der Waals surface area contributed by atoms with Gasteiger partial charge in [-0.15, -0.1) is 0 Å². The number of furan rings is 1. The van der Waals surface area contributed by atoms with E-state index in [0.29, 0.717) is 25.9 Å². The van der Waals surface area contributed by atoms with E-state index in [1.54, 1.807) is 18.6 Å². The Labute approximate surface area is 99.0 Å². The van der Waals surface area contributed by atoms with Crippen molar-refractivity contribution < 1.29 is 19.1 Å². The molecule has 1 aromatic rings. The van der Waals surface area contributed by atoms with Gasteiger partial charge in [-0.1, -0.05) is 0 Å². The Balaban J connectivity index is 2.00. The predicted octanol–water partition coefficient (Wildman–Crippen LogP) is 1.33. The Bertz CT molecular complexity index is 348. The molecule has 0 bridgehead atoms. The average molecular weight is 240 g/mol. The van der Waals surface area contributed by atoms with E-state index in [4.69, 9.17) is 9.52 Å². The third kappa shape index (κ3) is 6.24. The zero-order valence-electron chi connectivity index (χ0n) is 9.44. The summed E-state index contributed by atoms with van der Waals surface area (Å²) in [6.45, 7) is 0.891. The lowest BCUT2D eigenvalue weighted by Crippen LogP contribution is -2.35. The second-order valence-electron chi connectivity index (χ2n) is 3.59. The number of carbonyl (C=O) groups is 2. The molecule has 0 spiro atoms. The van der Waals surface area contributed by atoms with E-state index >= 15 is 0 Å². The molecular weight excluding hydrogens is 224 g/mol. The largest absolute Gasteiger partial charge is 0.481 e. The summed E-state index contributed by atoms with van der Waals surface area (Å²) in [7, 11) is 0. The maximum Gasteiger partial charge on any atom is 0.315 e. The minimum atomic E-state index is -0.811. The molecule has 1 aromatic heterocycles. The van der Waals surface area contributed by atoms with E-state index in [2.05, 4.69) is 10.6 Å². The summed E-state index contributed by atoms with van der Waals surface area (Å²) >= 11 is 0. The van der Waals surface area contributed by atoms with E-state index in [0.717, 1.165) is 5.56 Å². The zero-order valence-corrected chi connectivity index (χ0v) is 9.44. The Kier molecular flexibility index (Phi) is 5.63. The quantitative estimate of drug-likeness (QED) is 0.627. The van der Waals surface area contributed by atoms with Crippen molar-refractivity contribution in [3.05, 3.63) is 24.2 Å². The monoisotopic (exact) mass is 240 g/mol. The third-order valence-corrected chi connectivity index (χ3v) is 2.14. The van der Waals surface area contributed by atoms with E-state index in [1.807, 2.05) is 0 Å². The number of hydrogen-bond acceptors (Lipinski definition) is 3. The molecule has 0 aliphatic carbocycles. The predicted molar refractivity (Wildman–Crippen MR) is 60.4 cm³/mol. The molecule has 1 heterocycles. The molecular formula is C11H16N2O4. The van der Waals surface area contributed by atoms with Gasteiger partial charge in [0, 0.05) is 25.1 Å². The van der Waals surface area contributed by atoms with Crippen LogP contribution in [0.3, 0.4) is 0 Å². The van der Waals surface area contributed by atoms with E-state index in [-0.39, 0.29) is 12.5 Å². The summed E-state index contributed by atoms with van der Waals surface area (Å²) in [5.41, 5.74) is 0.894. The number of carboxylic acids is 1. The van der Waals surface area contributed by atoms with Gasteiger partial charge in [-0.25, -0.2) is 4.79 Å². The van der Waals surface area contributed by atoms with Crippen molar-refractivity contribution in [2.75, 3.05) is 6.54 Å². The van der Waals surface area contributed by atoms with Gasteiger partial charge in [0.25, 0.3) is 0 Å². The highest BCUT2D eigenvalue weighted by Crippen LogP contribution is 1.98. The zero-order chi connectivity index (χ0) is 12.5. The van der Waals surface area contributed by atoms with Gasteiger partial charge in [0.05, 0.1) is 12.5 Å². The standard InChI is InChI=1S/C11H16N2O4/c14-10(15)3-1-2-5-12-11(16)13-7-9-4-6-17-8-9/h4,6,8H,1-3,5,7H2,(H,14,15)(H2,12,13,16). The van der Waals surface area contributed by atoms with Crippen molar-refractivity contribution >= 4 is 12.0 Å². The molecule has 0 fully saturated rings. The number of rotatable bonds is 7. The van der Waals surface area contributed by atoms with Crippen molar-refractivity contribution in [1.82, 2.24) is 10.6 Å². The average Bonchev–Trinajstić information content (AvgIpc) is 2.78. The van der Waals surface area contributed by atoms with Crippen LogP contribution >= 0.6 is 0 Å². The fourth-order valence-electron chi connectivity index (χ4n) is 1.24. The van der Waals surface area contributed by atoms with Crippen LogP contribution in [0.1, 0.15) is 24.8 Å². The van der Waals surface area contributed by atoms with Crippen LogP contribution in [0.2, 0.25) is 0 Å². The van der Waals surface area contributed by atoms with Crippen molar-refractivity contribution in [3.8, 4) is 0 Å². The van der Waals surface area contributed by atoms with Gasteiger partial charge in [0.1, 0.15) is 0 Å². The molecule has 17 heavy (non-hydrogen) atoms. The molecule has 1 rings (SSSR count). The fraction of sp³-hybridized carbons (Fsp3) is 0.455. The Morgan fingerprint density at radius 1 is 1.29 bits per heavy atom. The molecule has 6 heteroatoms. The minimum absolute atomic E-state index is 0.137. The van der Waals surface area contributed by atoms with Crippen LogP contribution in [0.5, 0.6) is 0 Å².